The van der Waals surface area contributed by atoms with Gasteiger partial charge in [0.25, 0.3) is 0 Å². The van der Waals surface area contributed by atoms with E-state index in [1.807, 2.05) is 4.90 Å². The number of furan rings is 1. The lowest BCUT2D eigenvalue weighted by Gasteiger charge is -2.20. The van der Waals surface area contributed by atoms with Crippen LogP contribution in [0.2, 0.25) is 0 Å². The molecule has 0 atom stereocenters. The van der Waals surface area contributed by atoms with E-state index < -0.39 is 12.5 Å². The number of hydrogen-bond acceptors (Lipinski definition) is 6. The molecule has 0 aliphatic carbocycles. The fourth-order valence-electron chi connectivity index (χ4n) is 2.41. The van der Waals surface area contributed by atoms with Crippen LogP contribution in [0.3, 0.4) is 0 Å². The zero-order valence-corrected chi connectivity index (χ0v) is 14.3. The predicted molar refractivity (Wildman–Crippen MR) is 90.7 cm³/mol. The monoisotopic (exact) mass is 369 g/mol. The zero-order valence-electron chi connectivity index (χ0n) is 13.4. The Balaban J connectivity index is 2.02. The third-order valence-electron chi connectivity index (χ3n) is 3.47. The van der Waals surface area contributed by atoms with Crippen molar-refractivity contribution in [2.45, 2.75) is 19.3 Å². The summed E-state index contributed by atoms with van der Waals surface area (Å²) in [5, 5.41) is 10.7. The zero-order chi connectivity index (χ0) is 18.4. The molecule has 0 aliphatic rings. The lowest BCUT2D eigenvalue weighted by molar-refractivity contribution is -0.402. The van der Waals surface area contributed by atoms with Gasteiger partial charge in [-0.25, -0.2) is 0 Å². The van der Waals surface area contributed by atoms with Crippen molar-refractivity contribution in [1.29, 1.82) is 0 Å². The summed E-state index contributed by atoms with van der Waals surface area (Å²) in [4.78, 5) is 30.0. The summed E-state index contributed by atoms with van der Waals surface area (Å²) in [5.41, 5.74) is 7.11. The van der Waals surface area contributed by atoms with E-state index in [2.05, 4.69) is 0 Å². The lowest BCUT2D eigenvalue weighted by atomic mass is 10.1. The normalized spacial score (nSPS) is 11.8. The van der Waals surface area contributed by atoms with Gasteiger partial charge in [0.1, 0.15) is 10.7 Å². The number of nitro groups is 1. The van der Waals surface area contributed by atoms with Gasteiger partial charge in [0.2, 0.25) is 0 Å². The lowest BCUT2D eigenvalue weighted by Crippen LogP contribution is -2.28. The molecule has 0 saturated carbocycles. The fraction of sp³-hybridized carbons (Fsp3) is 0.333. The van der Waals surface area contributed by atoms with E-state index in [0.717, 1.165) is 5.56 Å². The third kappa shape index (κ3) is 6.41. The van der Waals surface area contributed by atoms with E-state index in [9.17, 15) is 14.7 Å². The number of rotatable bonds is 9. The Morgan fingerprint density at radius 3 is 2.28 bits per heavy atom. The summed E-state index contributed by atoms with van der Waals surface area (Å²) in [6, 6.07) is 9.80. The van der Waals surface area contributed by atoms with Crippen LogP contribution < -0.4 is 5.73 Å². The summed E-state index contributed by atoms with van der Waals surface area (Å²) in [6.07, 6.45) is -0.296. The molecule has 9 nitrogen and oxygen atoms in total. The van der Waals surface area contributed by atoms with E-state index in [1.165, 1.54) is 6.07 Å². The number of nitrogens with two attached hydrogens (primary N) is 1. The summed E-state index contributed by atoms with van der Waals surface area (Å²) in [5.74, 6) is 0.169. The molecule has 136 valence electrons. The first-order valence-corrected chi connectivity index (χ1v) is 9.34. The molecule has 0 amide bonds. The molecule has 4 N–H and O–H groups in total. The number of hydrogen-bond donors (Lipinski definition) is 3. The highest BCUT2D eigenvalue weighted by Gasteiger charge is 2.16. The van der Waals surface area contributed by atoms with E-state index in [1.54, 1.807) is 30.3 Å². The summed E-state index contributed by atoms with van der Waals surface area (Å²) in [6.45, 7) is 1.88. The van der Waals surface area contributed by atoms with Crippen molar-refractivity contribution >= 4 is 13.5 Å². The molecule has 0 saturated heterocycles. The maximum absolute atomic E-state index is 11.0. The van der Waals surface area contributed by atoms with Crippen molar-refractivity contribution in [2.75, 3.05) is 13.1 Å². The molecule has 25 heavy (non-hydrogen) atoms. The van der Waals surface area contributed by atoms with Crippen LogP contribution in [0.25, 0.3) is 0 Å². The van der Waals surface area contributed by atoms with E-state index >= 15 is 0 Å². The Bertz CT molecular complexity index is 755. The Hall–Kier alpha value is -2.03. The largest absolute Gasteiger partial charge is 0.433 e. The highest BCUT2D eigenvalue weighted by atomic mass is 31.2. The Morgan fingerprint density at radius 2 is 1.76 bits per heavy atom. The molecule has 0 bridgehead atoms. The molecular weight excluding hydrogens is 349 g/mol. The second-order valence-electron chi connectivity index (χ2n) is 5.64. The molecule has 1 heterocycles. The van der Waals surface area contributed by atoms with Gasteiger partial charge in [-0.05, 0) is 17.2 Å². The average molecular weight is 369 g/mol. The van der Waals surface area contributed by atoms with Crippen molar-refractivity contribution in [1.82, 2.24) is 4.90 Å². The van der Waals surface area contributed by atoms with Crippen molar-refractivity contribution in [3.8, 4) is 0 Å². The smallest absolute Gasteiger partial charge is 0.404 e. The van der Waals surface area contributed by atoms with Gasteiger partial charge < -0.3 is 19.9 Å². The molecule has 1 aromatic carbocycles. The van der Waals surface area contributed by atoms with Crippen LogP contribution in [-0.2, 0) is 23.8 Å². The molecular formula is C15H20N3O6P. The molecule has 1 aromatic heterocycles. The minimum absolute atomic E-state index is 0.296. The Morgan fingerprint density at radius 1 is 1.12 bits per heavy atom. The molecule has 2 aromatic rings. The molecule has 0 fully saturated rings. The molecule has 0 spiro atoms. The van der Waals surface area contributed by atoms with Gasteiger partial charge in [-0.2, -0.15) is 0 Å². The highest BCUT2D eigenvalue weighted by molar-refractivity contribution is 7.50. The Labute approximate surface area is 144 Å². The maximum Gasteiger partial charge on any atom is 0.433 e. The molecule has 10 heteroatoms. The van der Waals surface area contributed by atoms with Gasteiger partial charge in [-0.15, -0.1) is 0 Å². The van der Waals surface area contributed by atoms with Crippen molar-refractivity contribution in [3.63, 3.8) is 0 Å². The average Bonchev–Trinajstić information content (AvgIpc) is 2.97. The van der Waals surface area contributed by atoms with E-state index in [-0.39, 0.29) is 12.0 Å². The molecule has 0 radical (unpaired) electrons. The highest BCUT2D eigenvalue weighted by Crippen LogP contribution is 2.38. The van der Waals surface area contributed by atoms with Crippen LogP contribution in [-0.4, -0.2) is 32.7 Å². The van der Waals surface area contributed by atoms with E-state index in [0.29, 0.717) is 37.5 Å². The van der Waals surface area contributed by atoms with Crippen LogP contribution >= 0.6 is 7.60 Å². The maximum atomic E-state index is 11.0. The minimum atomic E-state index is -4.09. The van der Waals surface area contributed by atoms with Crippen LogP contribution in [0.15, 0.2) is 40.8 Å². The SMILES string of the molecule is NCCN(Cc1ccc(CP(=O)(O)O)cc1)Cc1ccc([N+](=O)[O-])o1. The van der Waals surface area contributed by atoms with Crippen molar-refractivity contribution in [3.05, 3.63) is 63.4 Å². The first-order valence-electron chi connectivity index (χ1n) is 7.55. The van der Waals surface area contributed by atoms with Gasteiger partial charge in [0, 0.05) is 19.6 Å². The van der Waals surface area contributed by atoms with Crippen LogP contribution in [0.5, 0.6) is 0 Å². The van der Waals surface area contributed by atoms with Crippen LogP contribution in [0, 0.1) is 10.1 Å². The molecule has 0 aliphatic heterocycles. The summed E-state index contributed by atoms with van der Waals surface area (Å²) < 4.78 is 16.2. The van der Waals surface area contributed by atoms with Crippen LogP contribution in [0.1, 0.15) is 16.9 Å². The summed E-state index contributed by atoms with van der Waals surface area (Å²) in [7, 11) is -4.09. The minimum Gasteiger partial charge on any atom is -0.404 e. The second-order valence-corrected chi connectivity index (χ2v) is 7.28. The van der Waals surface area contributed by atoms with Gasteiger partial charge in [-0.1, -0.05) is 24.3 Å². The molecule has 0 unspecified atom stereocenters. The first-order chi connectivity index (χ1) is 11.8. The van der Waals surface area contributed by atoms with Crippen molar-refractivity contribution in [2.24, 2.45) is 5.73 Å². The summed E-state index contributed by atoms with van der Waals surface area (Å²) >= 11 is 0. The van der Waals surface area contributed by atoms with Gasteiger partial charge >= 0.3 is 13.5 Å². The van der Waals surface area contributed by atoms with Gasteiger partial charge in [0.15, 0.2) is 0 Å². The quantitative estimate of drug-likeness (QED) is 0.345. The number of benzene rings is 1. The van der Waals surface area contributed by atoms with Gasteiger partial charge in [-0.3, -0.25) is 19.6 Å². The second kappa shape index (κ2) is 8.37. The topological polar surface area (TPSA) is 143 Å². The van der Waals surface area contributed by atoms with Gasteiger partial charge in [0.05, 0.1) is 18.8 Å². The van der Waals surface area contributed by atoms with Crippen molar-refractivity contribution < 1.29 is 23.7 Å². The predicted octanol–water partition coefficient (Wildman–Crippen LogP) is 1.83. The fourth-order valence-corrected chi connectivity index (χ4v) is 3.10. The number of nitrogens with zero attached hydrogens (tertiary/aromatic N) is 2. The standard InChI is InChI=1S/C15H20N3O6P/c16-7-8-17(10-14-5-6-15(24-14)18(19)20)9-12-1-3-13(4-2-12)11-25(21,22)23/h1-6H,7-11,16H2,(H2,21,22,23). The molecule has 2 rings (SSSR count). The first kappa shape index (κ1) is 19.3. The van der Waals surface area contributed by atoms with E-state index in [4.69, 9.17) is 19.9 Å². The Kier molecular flexibility index (Phi) is 6.46. The van der Waals surface area contributed by atoms with Crippen LogP contribution in [0.4, 0.5) is 5.88 Å². The third-order valence-corrected chi connectivity index (χ3v) is 4.25.